The molecule has 0 saturated heterocycles. The zero-order valence-corrected chi connectivity index (χ0v) is 8.90. The summed E-state index contributed by atoms with van der Waals surface area (Å²) in [5, 5.41) is 21.1. The summed E-state index contributed by atoms with van der Waals surface area (Å²) in [5.74, 6) is 0.442. The summed E-state index contributed by atoms with van der Waals surface area (Å²) in [4.78, 5) is 10.6. The first kappa shape index (κ1) is 11.5. The summed E-state index contributed by atoms with van der Waals surface area (Å²) in [5.41, 5.74) is 0.842. The van der Waals surface area contributed by atoms with Crippen LogP contribution in [-0.2, 0) is 6.42 Å². The number of aromatic amines is 1. The third-order valence-corrected chi connectivity index (χ3v) is 2.01. The van der Waals surface area contributed by atoms with E-state index in [1.807, 2.05) is 0 Å². The fourth-order valence-corrected chi connectivity index (χ4v) is 1.52. The molecule has 6 nitrogen and oxygen atoms in total. The number of hydrogen-bond acceptors (Lipinski definition) is 3. The number of amides is 1. The molecule has 15 heavy (non-hydrogen) atoms. The van der Waals surface area contributed by atoms with Gasteiger partial charge in [-0.15, -0.1) is 5.10 Å². The summed E-state index contributed by atoms with van der Waals surface area (Å²) in [6.07, 6.45) is 2.01. The molecule has 1 rings (SSSR count). The van der Waals surface area contributed by atoms with Crippen LogP contribution in [0.4, 0.5) is 4.79 Å². The molecule has 1 atom stereocenters. The second kappa shape index (κ2) is 5.33. The molecule has 3 N–H and O–H groups in total. The molecule has 0 aliphatic carbocycles. The highest BCUT2D eigenvalue weighted by atomic mass is 16.4. The van der Waals surface area contributed by atoms with E-state index >= 15 is 0 Å². The average Bonchev–Trinajstić information content (AvgIpc) is 2.53. The van der Waals surface area contributed by atoms with Crippen molar-refractivity contribution >= 4 is 6.09 Å². The first-order chi connectivity index (χ1) is 7.08. The molecule has 1 heterocycles. The Bertz CT molecular complexity index is 297. The smallest absolute Gasteiger partial charge is 0.404 e. The predicted octanol–water partition coefficient (Wildman–Crippen LogP) is 1.03. The number of aromatic nitrogens is 3. The number of rotatable bonds is 5. The van der Waals surface area contributed by atoms with Gasteiger partial charge in [0.15, 0.2) is 0 Å². The van der Waals surface area contributed by atoms with Crippen LogP contribution in [0.5, 0.6) is 0 Å². The SMILES string of the molecule is CC(C)C[C@@H](Cc1cnn[nH]1)NC(=O)O. The number of carbonyl (C=O) groups is 1. The van der Waals surface area contributed by atoms with Crippen molar-refractivity contribution in [2.75, 3.05) is 0 Å². The molecule has 0 radical (unpaired) electrons. The number of nitrogens with zero attached hydrogens (tertiary/aromatic N) is 2. The maximum atomic E-state index is 10.6. The minimum absolute atomic E-state index is 0.0928. The maximum absolute atomic E-state index is 10.6. The molecule has 6 heteroatoms. The van der Waals surface area contributed by atoms with Crippen molar-refractivity contribution in [1.82, 2.24) is 20.7 Å². The van der Waals surface area contributed by atoms with E-state index in [2.05, 4.69) is 34.6 Å². The van der Waals surface area contributed by atoms with Crippen LogP contribution in [0, 0.1) is 5.92 Å². The lowest BCUT2D eigenvalue weighted by molar-refractivity contribution is 0.187. The maximum Gasteiger partial charge on any atom is 0.404 e. The number of hydrogen-bond donors (Lipinski definition) is 3. The number of nitrogens with one attached hydrogen (secondary N) is 2. The normalized spacial score (nSPS) is 12.7. The molecule has 0 spiro atoms. The van der Waals surface area contributed by atoms with Crippen LogP contribution in [0.2, 0.25) is 0 Å². The van der Waals surface area contributed by atoms with Crippen LogP contribution in [0.25, 0.3) is 0 Å². The lowest BCUT2D eigenvalue weighted by Crippen LogP contribution is -2.36. The molecule has 1 aromatic rings. The van der Waals surface area contributed by atoms with Crippen LogP contribution in [-0.4, -0.2) is 32.7 Å². The molecule has 0 aliphatic rings. The summed E-state index contributed by atoms with van der Waals surface area (Å²) in [6.45, 7) is 4.11. The van der Waals surface area contributed by atoms with Crippen LogP contribution in [0.15, 0.2) is 6.20 Å². The minimum Gasteiger partial charge on any atom is -0.465 e. The average molecular weight is 212 g/mol. The fourth-order valence-electron chi connectivity index (χ4n) is 1.52. The van der Waals surface area contributed by atoms with E-state index in [9.17, 15) is 4.79 Å². The molecule has 0 aromatic carbocycles. The lowest BCUT2D eigenvalue weighted by atomic mass is 10.0. The highest BCUT2D eigenvalue weighted by Gasteiger charge is 2.14. The van der Waals surface area contributed by atoms with Gasteiger partial charge in [-0.05, 0) is 12.3 Å². The van der Waals surface area contributed by atoms with E-state index in [4.69, 9.17) is 5.11 Å². The highest BCUT2D eigenvalue weighted by Crippen LogP contribution is 2.08. The Kier molecular flexibility index (Phi) is 4.08. The molecule has 0 aliphatic heterocycles. The minimum atomic E-state index is -0.992. The summed E-state index contributed by atoms with van der Waals surface area (Å²) >= 11 is 0. The molecule has 1 amide bonds. The van der Waals surface area contributed by atoms with Crippen molar-refractivity contribution in [3.63, 3.8) is 0 Å². The second-order valence-electron chi connectivity index (χ2n) is 3.96. The Morgan fingerprint density at radius 2 is 2.40 bits per heavy atom. The number of carboxylic acid groups (broad SMARTS) is 1. The fraction of sp³-hybridized carbons (Fsp3) is 0.667. The van der Waals surface area contributed by atoms with E-state index < -0.39 is 6.09 Å². The van der Waals surface area contributed by atoms with Gasteiger partial charge in [0.2, 0.25) is 0 Å². The molecule has 0 unspecified atom stereocenters. The van der Waals surface area contributed by atoms with Crippen LogP contribution in [0.3, 0.4) is 0 Å². The lowest BCUT2D eigenvalue weighted by Gasteiger charge is -2.17. The van der Waals surface area contributed by atoms with Gasteiger partial charge in [-0.1, -0.05) is 19.1 Å². The van der Waals surface area contributed by atoms with E-state index in [0.717, 1.165) is 12.1 Å². The van der Waals surface area contributed by atoms with Crippen molar-refractivity contribution in [2.24, 2.45) is 5.92 Å². The van der Waals surface area contributed by atoms with Crippen molar-refractivity contribution in [2.45, 2.75) is 32.7 Å². The zero-order chi connectivity index (χ0) is 11.3. The Morgan fingerprint density at radius 3 is 2.87 bits per heavy atom. The van der Waals surface area contributed by atoms with Crippen LogP contribution >= 0.6 is 0 Å². The molecule has 0 fully saturated rings. The van der Waals surface area contributed by atoms with Gasteiger partial charge < -0.3 is 10.4 Å². The van der Waals surface area contributed by atoms with Gasteiger partial charge in [0.1, 0.15) is 0 Å². The Balaban J connectivity index is 2.52. The Morgan fingerprint density at radius 1 is 1.67 bits per heavy atom. The topological polar surface area (TPSA) is 90.9 Å². The van der Waals surface area contributed by atoms with Crippen molar-refractivity contribution in [3.05, 3.63) is 11.9 Å². The van der Waals surface area contributed by atoms with Gasteiger partial charge in [0, 0.05) is 12.5 Å². The molecular formula is C9H16N4O2. The summed E-state index contributed by atoms with van der Waals surface area (Å²) < 4.78 is 0. The van der Waals surface area contributed by atoms with Gasteiger partial charge in [0.05, 0.1) is 11.9 Å². The zero-order valence-electron chi connectivity index (χ0n) is 8.90. The molecule has 84 valence electrons. The van der Waals surface area contributed by atoms with Crippen molar-refractivity contribution in [1.29, 1.82) is 0 Å². The van der Waals surface area contributed by atoms with Gasteiger partial charge in [-0.25, -0.2) is 4.79 Å². The third-order valence-electron chi connectivity index (χ3n) is 2.01. The molecular weight excluding hydrogens is 196 g/mol. The summed E-state index contributed by atoms with van der Waals surface area (Å²) in [7, 11) is 0. The third kappa shape index (κ3) is 4.44. The summed E-state index contributed by atoms with van der Waals surface area (Å²) in [6, 6.07) is -0.0928. The quantitative estimate of drug-likeness (QED) is 0.679. The first-order valence-electron chi connectivity index (χ1n) is 4.92. The van der Waals surface area contributed by atoms with Gasteiger partial charge in [-0.2, -0.15) is 0 Å². The van der Waals surface area contributed by atoms with E-state index in [0.29, 0.717) is 12.3 Å². The molecule has 0 bridgehead atoms. The first-order valence-corrected chi connectivity index (χ1v) is 4.92. The predicted molar refractivity (Wildman–Crippen MR) is 54.5 cm³/mol. The van der Waals surface area contributed by atoms with Gasteiger partial charge in [0.25, 0.3) is 0 Å². The molecule has 0 saturated carbocycles. The number of H-pyrrole nitrogens is 1. The Labute approximate surface area is 88.1 Å². The van der Waals surface area contributed by atoms with E-state index in [1.165, 1.54) is 0 Å². The van der Waals surface area contributed by atoms with Crippen LogP contribution < -0.4 is 5.32 Å². The van der Waals surface area contributed by atoms with Crippen molar-refractivity contribution < 1.29 is 9.90 Å². The standard InChI is InChI=1S/C9H16N4O2/c1-6(2)3-7(11-9(14)15)4-8-5-10-13-12-8/h5-7,11H,3-4H2,1-2H3,(H,14,15)(H,10,12,13)/t7-/m0/s1. The van der Waals surface area contributed by atoms with Crippen LogP contribution in [0.1, 0.15) is 26.0 Å². The van der Waals surface area contributed by atoms with Gasteiger partial charge >= 0.3 is 6.09 Å². The molecule has 1 aromatic heterocycles. The van der Waals surface area contributed by atoms with Gasteiger partial charge in [-0.3, -0.25) is 5.10 Å². The van der Waals surface area contributed by atoms with Crippen molar-refractivity contribution in [3.8, 4) is 0 Å². The highest BCUT2D eigenvalue weighted by molar-refractivity contribution is 5.64. The van der Waals surface area contributed by atoms with E-state index in [1.54, 1.807) is 6.20 Å². The van der Waals surface area contributed by atoms with E-state index in [-0.39, 0.29) is 6.04 Å². The largest absolute Gasteiger partial charge is 0.465 e. The second-order valence-corrected chi connectivity index (χ2v) is 3.96. The Hall–Kier alpha value is -1.59. The monoisotopic (exact) mass is 212 g/mol.